The predicted octanol–water partition coefficient (Wildman–Crippen LogP) is 4.69. The fourth-order valence-corrected chi connectivity index (χ4v) is 5.43. The van der Waals surface area contributed by atoms with Crippen LogP contribution in [0.15, 0.2) is 86.3 Å². The molecule has 1 heterocycles. The van der Waals surface area contributed by atoms with Gasteiger partial charge in [0.2, 0.25) is 15.7 Å². The third-order valence-electron chi connectivity index (χ3n) is 4.13. The third kappa shape index (κ3) is 3.31. The Morgan fingerprint density at radius 2 is 1.63 bits per heavy atom. The smallest absolute Gasteiger partial charge is 0.221 e. The molecule has 0 aromatic heterocycles. The van der Waals surface area contributed by atoms with E-state index in [9.17, 15) is 13.2 Å². The molecular weight excluding hydrogens is 380 g/mol. The van der Waals surface area contributed by atoms with Crippen molar-refractivity contribution < 1.29 is 13.2 Å². The van der Waals surface area contributed by atoms with Gasteiger partial charge in [-0.1, -0.05) is 30.0 Å². The van der Waals surface area contributed by atoms with E-state index in [0.717, 1.165) is 15.5 Å². The minimum atomic E-state index is -3.72. The number of benzene rings is 3. The molecule has 4 rings (SSSR count). The lowest BCUT2D eigenvalue weighted by Gasteiger charge is -2.23. The SMILES string of the molecule is CC(=O)Nc1ccc(S(=O)(=O)c2cccc3c2Nc2ccccc2S3)cc1. The summed E-state index contributed by atoms with van der Waals surface area (Å²) in [5, 5.41) is 5.90. The van der Waals surface area contributed by atoms with Gasteiger partial charge < -0.3 is 10.6 Å². The van der Waals surface area contributed by atoms with E-state index < -0.39 is 9.84 Å². The molecule has 0 saturated heterocycles. The first kappa shape index (κ1) is 17.6. The van der Waals surface area contributed by atoms with Crippen molar-refractivity contribution in [2.75, 3.05) is 10.6 Å². The molecule has 0 unspecified atom stereocenters. The standard InChI is InChI=1S/C20H16N2O3S2/c1-13(23)21-14-9-11-15(12-10-14)27(24,25)19-8-4-7-18-20(19)22-16-5-2-3-6-17(16)26-18/h2-12,22H,1H3,(H,21,23). The van der Waals surface area contributed by atoms with Crippen LogP contribution >= 0.6 is 11.8 Å². The van der Waals surface area contributed by atoms with Gasteiger partial charge in [0.1, 0.15) is 0 Å². The van der Waals surface area contributed by atoms with Gasteiger partial charge in [-0.2, -0.15) is 0 Å². The largest absolute Gasteiger partial charge is 0.353 e. The predicted molar refractivity (Wildman–Crippen MR) is 106 cm³/mol. The molecule has 7 heteroatoms. The number of para-hydroxylation sites is 2. The van der Waals surface area contributed by atoms with E-state index in [2.05, 4.69) is 10.6 Å². The van der Waals surface area contributed by atoms with Crippen LogP contribution in [-0.2, 0) is 14.6 Å². The Morgan fingerprint density at radius 1 is 0.926 bits per heavy atom. The number of anilines is 3. The van der Waals surface area contributed by atoms with Crippen LogP contribution in [0.1, 0.15) is 6.92 Å². The van der Waals surface area contributed by atoms with Crippen LogP contribution in [0.4, 0.5) is 17.1 Å². The van der Waals surface area contributed by atoms with E-state index >= 15 is 0 Å². The van der Waals surface area contributed by atoms with Gasteiger partial charge in [-0.25, -0.2) is 8.42 Å². The Morgan fingerprint density at radius 3 is 2.37 bits per heavy atom. The van der Waals surface area contributed by atoms with Crippen molar-refractivity contribution in [2.45, 2.75) is 26.5 Å². The number of carbonyl (C=O) groups is 1. The molecule has 27 heavy (non-hydrogen) atoms. The van der Waals surface area contributed by atoms with Crippen LogP contribution in [0.25, 0.3) is 0 Å². The Balaban J connectivity index is 1.75. The third-order valence-corrected chi connectivity index (χ3v) is 7.08. The highest BCUT2D eigenvalue weighted by atomic mass is 32.2. The zero-order valence-electron chi connectivity index (χ0n) is 14.4. The summed E-state index contributed by atoms with van der Waals surface area (Å²) < 4.78 is 26.4. The summed E-state index contributed by atoms with van der Waals surface area (Å²) in [6.45, 7) is 1.40. The minimum absolute atomic E-state index is 0.177. The number of rotatable bonds is 3. The van der Waals surface area contributed by atoms with E-state index in [1.807, 2.05) is 30.3 Å². The maximum absolute atomic E-state index is 13.2. The second-order valence-electron chi connectivity index (χ2n) is 6.06. The Kier molecular flexibility index (Phi) is 4.41. The van der Waals surface area contributed by atoms with Gasteiger partial charge in [0.25, 0.3) is 0 Å². The van der Waals surface area contributed by atoms with Crippen LogP contribution in [0.2, 0.25) is 0 Å². The summed E-state index contributed by atoms with van der Waals surface area (Å²) in [6.07, 6.45) is 0. The molecule has 0 bridgehead atoms. The molecule has 3 aromatic rings. The van der Waals surface area contributed by atoms with E-state index in [-0.39, 0.29) is 15.7 Å². The van der Waals surface area contributed by atoms with E-state index in [1.165, 1.54) is 19.1 Å². The van der Waals surface area contributed by atoms with Gasteiger partial charge in [0.15, 0.2) is 0 Å². The van der Waals surface area contributed by atoms with Crippen LogP contribution in [0.5, 0.6) is 0 Å². The number of carbonyl (C=O) groups excluding carboxylic acids is 1. The Bertz CT molecular complexity index is 1140. The first-order valence-electron chi connectivity index (χ1n) is 8.25. The zero-order valence-corrected chi connectivity index (χ0v) is 16.0. The lowest BCUT2D eigenvalue weighted by atomic mass is 10.2. The lowest BCUT2D eigenvalue weighted by Crippen LogP contribution is -2.09. The highest BCUT2D eigenvalue weighted by molar-refractivity contribution is 7.99. The number of nitrogens with one attached hydrogen (secondary N) is 2. The maximum Gasteiger partial charge on any atom is 0.221 e. The summed E-state index contributed by atoms with van der Waals surface area (Å²) in [5.74, 6) is -0.206. The van der Waals surface area contributed by atoms with Crippen LogP contribution in [0.3, 0.4) is 0 Å². The zero-order chi connectivity index (χ0) is 19.0. The van der Waals surface area contributed by atoms with Crippen molar-refractivity contribution >= 4 is 44.6 Å². The highest BCUT2D eigenvalue weighted by Gasteiger charge is 2.26. The molecule has 3 aromatic carbocycles. The molecule has 1 aliphatic rings. The van der Waals surface area contributed by atoms with Crippen molar-refractivity contribution in [1.82, 2.24) is 0 Å². The molecule has 0 aliphatic carbocycles. The molecule has 0 atom stereocenters. The molecule has 136 valence electrons. The van der Waals surface area contributed by atoms with Crippen molar-refractivity contribution in [1.29, 1.82) is 0 Å². The van der Waals surface area contributed by atoms with Gasteiger partial charge >= 0.3 is 0 Å². The minimum Gasteiger partial charge on any atom is -0.353 e. The molecule has 1 aliphatic heterocycles. The maximum atomic E-state index is 13.2. The topological polar surface area (TPSA) is 75.3 Å². The summed E-state index contributed by atoms with van der Waals surface area (Å²) in [6, 6.07) is 19.2. The highest BCUT2D eigenvalue weighted by Crippen LogP contribution is 2.47. The number of hydrogen-bond donors (Lipinski definition) is 2. The van der Waals surface area contributed by atoms with Gasteiger partial charge in [-0.15, -0.1) is 0 Å². The average molecular weight is 396 g/mol. The van der Waals surface area contributed by atoms with Crippen molar-refractivity contribution in [3.8, 4) is 0 Å². The molecular formula is C20H16N2O3S2. The molecule has 0 fully saturated rings. The van der Waals surface area contributed by atoms with Crippen molar-refractivity contribution in [2.24, 2.45) is 0 Å². The molecule has 0 saturated carbocycles. The Labute approximate surface area is 161 Å². The van der Waals surface area contributed by atoms with E-state index in [1.54, 1.807) is 36.0 Å². The van der Waals surface area contributed by atoms with E-state index in [0.29, 0.717) is 11.4 Å². The van der Waals surface area contributed by atoms with Gasteiger partial charge in [-0.3, -0.25) is 4.79 Å². The van der Waals surface area contributed by atoms with Gasteiger partial charge in [0, 0.05) is 22.4 Å². The second-order valence-corrected chi connectivity index (χ2v) is 9.06. The number of amides is 1. The van der Waals surface area contributed by atoms with Gasteiger partial charge in [-0.05, 0) is 48.5 Å². The normalized spacial score (nSPS) is 12.5. The first-order chi connectivity index (χ1) is 12.9. The van der Waals surface area contributed by atoms with Crippen LogP contribution in [-0.4, -0.2) is 14.3 Å². The second kappa shape index (κ2) is 6.75. The van der Waals surface area contributed by atoms with Crippen molar-refractivity contribution in [3.63, 3.8) is 0 Å². The number of hydrogen-bond acceptors (Lipinski definition) is 5. The Hall–Kier alpha value is -2.77. The number of sulfone groups is 1. The summed E-state index contributed by atoms with van der Waals surface area (Å²) in [4.78, 5) is 13.5. The molecule has 0 radical (unpaired) electrons. The van der Waals surface area contributed by atoms with Crippen LogP contribution < -0.4 is 10.6 Å². The summed E-state index contributed by atoms with van der Waals surface area (Å²) >= 11 is 1.54. The summed E-state index contributed by atoms with van der Waals surface area (Å²) in [7, 11) is -3.72. The quantitative estimate of drug-likeness (QED) is 0.526. The summed E-state index contributed by atoms with van der Waals surface area (Å²) in [5.41, 5.74) is 2.03. The van der Waals surface area contributed by atoms with E-state index in [4.69, 9.17) is 0 Å². The number of fused-ring (bicyclic) bond motifs is 2. The fraction of sp³-hybridized carbons (Fsp3) is 0.0500. The first-order valence-corrected chi connectivity index (χ1v) is 10.5. The van der Waals surface area contributed by atoms with Gasteiger partial charge in [0.05, 0.1) is 21.2 Å². The average Bonchev–Trinajstić information content (AvgIpc) is 2.65. The van der Waals surface area contributed by atoms with Crippen LogP contribution in [0, 0.1) is 0 Å². The fourth-order valence-electron chi connectivity index (χ4n) is 2.90. The molecule has 0 spiro atoms. The molecule has 5 nitrogen and oxygen atoms in total. The van der Waals surface area contributed by atoms with Crippen molar-refractivity contribution in [3.05, 3.63) is 66.7 Å². The molecule has 1 amide bonds. The molecule has 2 N–H and O–H groups in total. The lowest BCUT2D eigenvalue weighted by molar-refractivity contribution is -0.114. The monoisotopic (exact) mass is 396 g/mol.